The first-order chi connectivity index (χ1) is 13.1. The van der Waals surface area contributed by atoms with E-state index in [1.807, 2.05) is 6.92 Å². The van der Waals surface area contributed by atoms with Crippen LogP contribution >= 0.6 is 0 Å². The van der Waals surface area contributed by atoms with Crippen molar-refractivity contribution in [2.75, 3.05) is 26.9 Å². The second kappa shape index (κ2) is 10.8. The lowest BCUT2D eigenvalue weighted by Crippen LogP contribution is -2.42. The third-order valence-corrected chi connectivity index (χ3v) is 3.66. The van der Waals surface area contributed by atoms with Gasteiger partial charge >= 0.3 is 0 Å². The molecule has 0 unspecified atom stereocenters. The first kappa shape index (κ1) is 20.3. The van der Waals surface area contributed by atoms with Crippen LogP contribution in [-0.4, -0.2) is 38.7 Å². The zero-order valence-corrected chi connectivity index (χ0v) is 15.5. The molecule has 7 heteroatoms. The molecule has 0 radical (unpaired) electrons. The van der Waals surface area contributed by atoms with E-state index in [-0.39, 0.29) is 12.3 Å². The van der Waals surface area contributed by atoms with Gasteiger partial charge in [0, 0.05) is 12.2 Å². The predicted molar refractivity (Wildman–Crippen MR) is 101 cm³/mol. The normalized spacial score (nSPS) is 10.1. The minimum atomic E-state index is -0.404. The van der Waals surface area contributed by atoms with Crippen LogP contribution in [0.3, 0.4) is 0 Å². The highest BCUT2D eigenvalue weighted by atomic mass is 16.5. The van der Waals surface area contributed by atoms with Crippen LogP contribution in [0.2, 0.25) is 0 Å². The molecule has 0 bridgehead atoms. The second-order valence-corrected chi connectivity index (χ2v) is 5.60. The fourth-order valence-electron chi connectivity index (χ4n) is 2.24. The highest BCUT2D eigenvalue weighted by Crippen LogP contribution is 2.12. The van der Waals surface area contributed by atoms with Gasteiger partial charge in [0.15, 0.2) is 0 Å². The van der Waals surface area contributed by atoms with Crippen LogP contribution in [0.25, 0.3) is 0 Å². The standard InChI is InChI=1S/C20H24N2O5/c1-3-26-12-13-27-18-10-6-16(7-11-18)20(24)22-21-19(23)14-15-4-8-17(25-2)9-5-15/h4-11H,3,12-14H2,1-2H3,(H,21,23)(H,22,24). The molecule has 0 saturated carbocycles. The van der Waals surface area contributed by atoms with Crippen LogP contribution in [0.5, 0.6) is 11.5 Å². The summed E-state index contributed by atoms with van der Waals surface area (Å²) in [6.07, 6.45) is 0.150. The lowest BCUT2D eigenvalue weighted by molar-refractivity contribution is -0.121. The zero-order valence-electron chi connectivity index (χ0n) is 15.5. The Balaban J connectivity index is 1.76. The van der Waals surface area contributed by atoms with Crippen LogP contribution in [-0.2, 0) is 16.0 Å². The molecule has 0 fully saturated rings. The SMILES string of the molecule is CCOCCOc1ccc(C(=O)NNC(=O)Cc2ccc(OC)cc2)cc1. The summed E-state index contributed by atoms with van der Waals surface area (Å²) >= 11 is 0. The summed E-state index contributed by atoms with van der Waals surface area (Å²) in [4.78, 5) is 24.0. The summed E-state index contributed by atoms with van der Waals surface area (Å²) < 4.78 is 15.7. The number of hydrazine groups is 1. The van der Waals surface area contributed by atoms with E-state index in [4.69, 9.17) is 14.2 Å². The lowest BCUT2D eigenvalue weighted by atomic mass is 10.1. The Morgan fingerprint density at radius 1 is 0.889 bits per heavy atom. The largest absolute Gasteiger partial charge is 0.497 e. The van der Waals surface area contributed by atoms with Crippen LogP contribution in [0.1, 0.15) is 22.8 Å². The number of hydrogen-bond donors (Lipinski definition) is 2. The molecule has 7 nitrogen and oxygen atoms in total. The molecule has 2 aromatic carbocycles. The molecular weight excluding hydrogens is 348 g/mol. The number of rotatable bonds is 9. The highest BCUT2D eigenvalue weighted by molar-refractivity contribution is 5.95. The number of ether oxygens (including phenoxy) is 3. The van der Waals surface area contributed by atoms with Crippen molar-refractivity contribution in [3.63, 3.8) is 0 Å². The second-order valence-electron chi connectivity index (χ2n) is 5.60. The van der Waals surface area contributed by atoms with E-state index in [0.29, 0.717) is 31.1 Å². The van der Waals surface area contributed by atoms with Gasteiger partial charge in [-0.2, -0.15) is 0 Å². The van der Waals surface area contributed by atoms with Crippen molar-refractivity contribution in [3.8, 4) is 11.5 Å². The van der Waals surface area contributed by atoms with Gasteiger partial charge in [-0.25, -0.2) is 0 Å². The maximum absolute atomic E-state index is 12.1. The van der Waals surface area contributed by atoms with Crippen molar-refractivity contribution >= 4 is 11.8 Å². The molecule has 144 valence electrons. The molecule has 27 heavy (non-hydrogen) atoms. The van der Waals surface area contributed by atoms with E-state index in [2.05, 4.69) is 10.9 Å². The molecule has 0 atom stereocenters. The average Bonchev–Trinajstić information content (AvgIpc) is 2.70. The predicted octanol–water partition coefficient (Wildman–Crippen LogP) is 2.11. The molecule has 0 aromatic heterocycles. The molecule has 0 heterocycles. The molecule has 0 aliphatic carbocycles. The van der Waals surface area contributed by atoms with E-state index in [1.165, 1.54) is 0 Å². The van der Waals surface area contributed by atoms with Gasteiger partial charge in [-0.3, -0.25) is 20.4 Å². The molecule has 2 amide bonds. The first-order valence-corrected chi connectivity index (χ1v) is 8.65. The summed E-state index contributed by atoms with van der Waals surface area (Å²) in [5.41, 5.74) is 6.03. The molecule has 0 aliphatic heterocycles. The van der Waals surface area contributed by atoms with Crippen molar-refractivity contribution in [2.45, 2.75) is 13.3 Å². The number of benzene rings is 2. The fraction of sp³-hybridized carbons (Fsp3) is 0.300. The van der Waals surface area contributed by atoms with E-state index in [9.17, 15) is 9.59 Å². The fourth-order valence-corrected chi connectivity index (χ4v) is 2.24. The van der Waals surface area contributed by atoms with E-state index in [0.717, 1.165) is 11.3 Å². The average molecular weight is 372 g/mol. The first-order valence-electron chi connectivity index (χ1n) is 8.65. The number of nitrogens with one attached hydrogen (secondary N) is 2. The van der Waals surface area contributed by atoms with Gasteiger partial charge in [-0.15, -0.1) is 0 Å². The third kappa shape index (κ3) is 6.99. The Morgan fingerprint density at radius 2 is 1.56 bits per heavy atom. The van der Waals surface area contributed by atoms with Gasteiger partial charge in [0.1, 0.15) is 18.1 Å². The molecular formula is C20H24N2O5. The number of hydrogen-bond acceptors (Lipinski definition) is 5. The topological polar surface area (TPSA) is 85.9 Å². The van der Waals surface area contributed by atoms with Crippen molar-refractivity contribution < 1.29 is 23.8 Å². The van der Waals surface area contributed by atoms with Crippen molar-refractivity contribution in [1.29, 1.82) is 0 Å². The molecule has 0 saturated heterocycles. The summed E-state index contributed by atoms with van der Waals surface area (Å²) in [7, 11) is 1.58. The Morgan fingerprint density at radius 3 is 2.19 bits per heavy atom. The molecule has 2 rings (SSSR count). The molecule has 0 aliphatic rings. The van der Waals surface area contributed by atoms with Gasteiger partial charge in [-0.1, -0.05) is 12.1 Å². The maximum Gasteiger partial charge on any atom is 0.269 e. The summed E-state index contributed by atoms with van der Waals surface area (Å²) in [6.45, 7) is 3.52. The number of methoxy groups -OCH3 is 1. The third-order valence-electron chi connectivity index (χ3n) is 3.66. The van der Waals surface area contributed by atoms with Gasteiger partial charge in [0.25, 0.3) is 5.91 Å². The molecule has 2 aromatic rings. The van der Waals surface area contributed by atoms with Crippen molar-refractivity contribution in [1.82, 2.24) is 10.9 Å². The zero-order chi connectivity index (χ0) is 19.5. The summed E-state index contributed by atoms with van der Waals surface area (Å²) in [5.74, 6) is 0.649. The minimum absolute atomic E-state index is 0.150. The van der Waals surface area contributed by atoms with Crippen molar-refractivity contribution in [3.05, 3.63) is 59.7 Å². The van der Waals surface area contributed by atoms with E-state index in [1.54, 1.807) is 55.6 Å². The van der Waals surface area contributed by atoms with Gasteiger partial charge in [0.05, 0.1) is 20.1 Å². The number of carbonyl (C=O) groups excluding carboxylic acids is 2. The summed E-state index contributed by atoms with van der Waals surface area (Å²) in [6, 6.07) is 13.8. The van der Waals surface area contributed by atoms with E-state index >= 15 is 0 Å². The Hall–Kier alpha value is -3.06. The quantitative estimate of drug-likeness (QED) is 0.520. The Bertz CT molecular complexity index is 729. The monoisotopic (exact) mass is 372 g/mol. The van der Waals surface area contributed by atoms with Gasteiger partial charge in [0.2, 0.25) is 5.91 Å². The van der Waals surface area contributed by atoms with Crippen LogP contribution < -0.4 is 20.3 Å². The smallest absolute Gasteiger partial charge is 0.269 e. The minimum Gasteiger partial charge on any atom is -0.497 e. The van der Waals surface area contributed by atoms with E-state index < -0.39 is 5.91 Å². The van der Waals surface area contributed by atoms with Crippen molar-refractivity contribution in [2.24, 2.45) is 0 Å². The molecule has 2 N–H and O–H groups in total. The Kier molecular flexibility index (Phi) is 8.12. The van der Waals surface area contributed by atoms with Crippen LogP contribution in [0.15, 0.2) is 48.5 Å². The van der Waals surface area contributed by atoms with Crippen LogP contribution in [0.4, 0.5) is 0 Å². The lowest BCUT2D eigenvalue weighted by Gasteiger charge is -2.09. The van der Waals surface area contributed by atoms with Gasteiger partial charge in [-0.05, 0) is 48.9 Å². The van der Waals surface area contributed by atoms with Crippen LogP contribution in [0, 0.1) is 0 Å². The number of amides is 2. The van der Waals surface area contributed by atoms with Gasteiger partial charge < -0.3 is 14.2 Å². The highest BCUT2D eigenvalue weighted by Gasteiger charge is 2.08. The summed E-state index contributed by atoms with van der Waals surface area (Å²) in [5, 5.41) is 0. The molecule has 0 spiro atoms. The maximum atomic E-state index is 12.1. The Labute approximate surface area is 158 Å². The number of carbonyl (C=O) groups is 2.